The Morgan fingerprint density at radius 2 is 1.30 bits per heavy atom. The number of unbranched alkanes of at least 4 members (excludes halogenated alkanes) is 2. The fraction of sp³-hybridized carbons (Fsp3) is 0.421. The summed E-state index contributed by atoms with van der Waals surface area (Å²) in [6, 6.07) is 15.0. The van der Waals surface area contributed by atoms with Crippen LogP contribution in [0.15, 0.2) is 46.9 Å². The largest absolute Gasteiger partial charge is 0.330 e. The Labute approximate surface area is 122 Å². The molecule has 0 saturated carbocycles. The second-order valence-corrected chi connectivity index (χ2v) is 5.35. The first-order valence-corrected chi connectivity index (χ1v) is 7.84. The predicted octanol–water partition coefficient (Wildman–Crippen LogP) is 5.91. The zero-order valence-corrected chi connectivity index (χ0v) is 12.7. The van der Waals surface area contributed by atoms with Crippen molar-refractivity contribution in [1.29, 1.82) is 0 Å². The summed E-state index contributed by atoms with van der Waals surface area (Å²) in [7, 11) is 0. The van der Waals surface area contributed by atoms with E-state index in [1.165, 1.54) is 36.8 Å². The summed E-state index contributed by atoms with van der Waals surface area (Å²) in [6.07, 6.45) is 6.86. The van der Waals surface area contributed by atoms with Gasteiger partial charge in [0.2, 0.25) is 0 Å². The van der Waals surface area contributed by atoms with Crippen molar-refractivity contribution in [2.45, 2.75) is 52.4 Å². The van der Waals surface area contributed by atoms with Crippen LogP contribution in [0, 0.1) is 0 Å². The molecule has 1 aromatic carbocycles. The summed E-state index contributed by atoms with van der Waals surface area (Å²) >= 11 is 0. The average molecular weight is 269 g/mol. The lowest BCUT2D eigenvalue weighted by atomic mass is 10.0. The minimum atomic E-state index is 1.04. The van der Waals surface area contributed by atoms with Crippen molar-refractivity contribution in [2.75, 3.05) is 0 Å². The second-order valence-electron chi connectivity index (χ2n) is 5.35. The van der Waals surface area contributed by atoms with E-state index in [9.17, 15) is 0 Å². The van der Waals surface area contributed by atoms with Crippen LogP contribution in [0.5, 0.6) is 0 Å². The van der Waals surface area contributed by atoms with Crippen LogP contribution >= 0.6 is 0 Å². The van der Waals surface area contributed by atoms with Gasteiger partial charge >= 0.3 is 11.5 Å². The standard InChI is InChI=1S/C19H25O/c1-3-5-12-18-14-17(16-10-8-7-9-11-16)15-19(20-18)13-6-4-2/h7-11,14-15H,3-6,12-13H2,1-2H3/q+1. The minimum absolute atomic E-state index is 1.04. The molecule has 0 radical (unpaired) electrons. The summed E-state index contributed by atoms with van der Waals surface area (Å²) in [5.74, 6) is 2.25. The Balaban J connectivity index is 2.29. The lowest BCUT2D eigenvalue weighted by Crippen LogP contribution is -1.92. The van der Waals surface area contributed by atoms with Crippen molar-refractivity contribution in [1.82, 2.24) is 0 Å². The molecule has 1 heteroatoms. The van der Waals surface area contributed by atoms with Crippen LogP contribution in [-0.2, 0) is 12.8 Å². The van der Waals surface area contributed by atoms with Gasteiger partial charge in [-0.1, -0.05) is 57.0 Å². The van der Waals surface area contributed by atoms with Crippen molar-refractivity contribution < 1.29 is 4.42 Å². The van der Waals surface area contributed by atoms with E-state index in [1.54, 1.807) is 0 Å². The van der Waals surface area contributed by atoms with Crippen molar-refractivity contribution in [3.05, 3.63) is 54.0 Å². The first-order chi connectivity index (χ1) is 9.83. The van der Waals surface area contributed by atoms with Gasteiger partial charge in [-0.15, -0.1) is 0 Å². The Kier molecular flexibility index (Phi) is 5.79. The first kappa shape index (κ1) is 14.8. The van der Waals surface area contributed by atoms with Gasteiger partial charge in [-0.25, -0.2) is 4.42 Å². The van der Waals surface area contributed by atoms with Gasteiger partial charge in [0.1, 0.15) is 0 Å². The molecule has 1 nitrogen and oxygen atoms in total. The molecule has 0 N–H and O–H groups in total. The van der Waals surface area contributed by atoms with Crippen molar-refractivity contribution in [3.63, 3.8) is 0 Å². The summed E-state index contributed by atoms with van der Waals surface area (Å²) in [5, 5.41) is 0. The van der Waals surface area contributed by atoms with E-state index in [4.69, 9.17) is 4.42 Å². The maximum Gasteiger partial charge on any atom is 0.330 e. The Morgan fingerprint density at radius 1 is 0.750 bits per heavy atom. The summed E-state index contributed by atoms with van der Waals surface area (Å²) < 4.78 is 6.04. The molecule has 0 aliphatic heterocycles. The summed E-state index contributed by atoms with van der Waals surface area (Å²) in [6.45, 7) is 4.44. The molecule has 0 amide bonds. The molecule has 0 aliphatic carbocycles. The van der Waals surface area contributed by atoms with Crippen LogP contribution in [0.1, 0.15) is 51.1 Å². The molecular formula is C19H25O+. The molecule has 0 saturated heterocycles. The van der Waals surface area contributed by atoms with Crippen LogP contribution in [0.2, 0.25) is 0 Å². The molecule has 0 spiro atoms. The zero-order valence-electron chi connectivity index (χ0n) is 12.7. The molecule has 1 heterocycles. The molecule has 0 aliphatic rings. The second kappa shape index (κ2) is 7.84. The molecule has 0 bridgehead atoms. The van der Waals surface area contributed by atoms with Crippen molar-refractivity contribution in [2.24, 2.45) is 0 Å². The highest BCUT2D eigenvalue weighted by molar-refractivity contribution is 5.63. The van der Waals surface area contributed by atoms with E-state index in [0.717, 1.165) is 24.4 Å². The van der Waals surface area contributed by atoms with Gasteiger partial charge in [-0.05, 0) is 24.0 Å². The number of hydrogen-bond acceptors (Lipinski definition) is 0. The molecule has 0 unspecified atom stereocenters. The van der Waals surface area contributed by atoms with E-state index < -0.39 is 0 Å². The Hall–Kier alpha value is -1.63. The van der Waals surface area contributed by atoms with Gasteiger partial charge < -0.3 is 0 Å². The maximum absolute atomic E-state index is 6.04. The lowest BCUT2D eigenvalue weighted by Gasteiger charge is -2.01. The highest BCUT2D eigenvalue weighted by Gasteiger charge is 2.16. The zero-order chi connectivity index (χ0) is 14.2. The van der Waals surface area contributed by atoms with E-state index in [0.29, 0.717) is 0 Å². The quantitative estimate of drug-likeness (QED) is 0.568. The van der Waals surface area contributed by atoms with Crippen molar-refractivity contribution >= 4 is 0 Å². The van der Waals surface area contributed by atoms with Crippen LogP contribution in [0.3, 0.4) is 0 Å². The fourth-order valence-electron chi connectivity index (χ4n) is 2.36. The lowest BCUT2D eigenvalue weighted by molar-refractivity contribution is 0.436. The van der Waals surface area contributed by atoms with E-state index in [1.807, 2.05) is 0 Å². The van der Waals surface area contributed by atoms with E-state index >= 15 is 0 Å². The maximum atomic E-state index is 6.04. The fourth-order valence-corrected chi connectivity index (χ4v) is 2.36. The van der Waals surface area contributed by atoms with Gasteiger partial charge in [0, 0.05) is 12.1 Å². The molecule has 2 aromatic rings. The SMILES string of the molecule is CCCCc1cc(-c2ccccc2)cc(CCCC)[o+]1. The van der Waals surface area contributed by atoms with Crippen LogP contribution in [0.25, 0.3) is 11.1 Å². The van der Waals surface area contributed by atoms with E-state index in [-0.39, 0.29) is 0 Å². The average Bonchev–Trinajstić information content (AvgIpc) is 2.51. The highest BCUT2D eigenvalue weighted by atomic mass is 16.3. The molecule has 20 heavy (non-hydrogen) atoms. The number of hydrogen-bond donors (Lipinski definition) is 0. The van der Waals surface area contributed by atoms with Gasteiger partial charge in [-0.2, -0.15) is 0 Å². The molecule has 0 fully saturated rings. The summed E-state index contributed by atoms with van der Waals surface area (Å²) in [5.41, 5.74) is 2.56. The van der Waals surface area contributed by atoms with Gasteiger partial charge in [0.05, 0.1) is 12.8 Å². The predicted molar refractivity (Wildman–Crippen MR) is 85.8 cm³/mol. The van der Waals surface area contributed by atoms with Crippen molar-refractivity contribution in [3.8, 4) is 11.1 Å². The monoisotopic (exact) mass is 269 g/mol. The molecule has 106 valence electrons. The topological polar surface area (TPSA) is 11.3 Å². The normalized spacial score (nSPS) is 10.7. The van der Waals surface area contributed by atoms with Gasteiger partial charge in [0.15, 0.2) is 0 Å². The number of aryl methyl sites for hydroxylation is 2. The molecule has 1 aromatic heterocycles. The van der Waals surface area contributed by atoms with E-state index in [2.05, 4.69) is 56.3 Å². The smallest absolute Gasteiger partial charge is 0.218 e. The third kappa shape index (κ3) is 4.19. The van der Waals surface area contributed by atoms with Crippen LogP contribution in [0.4, 0.5) is 0 Å². The van der Waals surface area contributed by atoms with Gasteiger partial charge in [0.25, 0.3) is 0 Å². The number of benzene rings is 1. The third-order valence-electron chi connectivity index (χ3n) is 3.56. The highest BCUT2D eigenvalue weighted by Crippen LogP contribution is 2.24. The van der Waals surface area contributed by atoms with Crippen LogP contribution in [-0.4, -0.2) is 0 Å². The van der Waals surface area contributed by atoms with Gasteiger partial charge in [-0.3, -0.25) is 0 Å². The van der Waals surface area contributed by atoms with Crippen LogP contribution < -0.4 is 0 Å². The first-order valence-electron chi connectivity index (χ1n) is 7.84. The molecule has 2 rings (SSSR count). The summed E-state index contributed by atoms with van der Waals surface area (Å²) in [4.78, 5) is 0. The molecule has 0 atom stereocenters. The molecular weight excluding hydrogens is 244 g/mol. The Morgan fingerprint density at radius 3 is 1.80 bits per heavy atom. The third-order valence-corrected chi connectivity index (χ3v) is 3.56. The number of rotatable bonds is 7. The Bertz CT molecular complexity index is 490. The minimum Gasteiger partial charge on any atom is -0.218 e.